The number of fused-ring (bicyclic) bond motifs is 1. The van der Waals surface area contributed by atoms with Crippen molar-refractivity contribution in [1.29, 1.82) is 0 Å². The van der Waals surface area contributed by atoms with Crippen molar-refractivity contribution < 1.29 is 17.9 Å². The van der Waals surface area contributed by atoms with Crippen molar-refractivity contribution >= 4 is 32.7 Å². The van der Waals surface area contributed by atoms with E-state index in [1.54, 1.807) is 18.2 Å². The number of hydrogen-bond donors (Lipinski definition) is 1. The number of imidazole rings is 1. The number of aryl methyl sites for hydroxylation is 2. The first-order valence-corrected chi connectivity index (χ1v) is 11.3. The Labute approximate surface area is 175 Å². The van der Waals surface area contributed by atoms with Gasteiger partial charge in [0.1, 0.15) is 5.82 Å². The van der Waals surface area contributed by atoms with Crippen molar-refractivity contribution in [3.63, 3.8) is 0 Å². The molecule has 30 heavy (non-hydrogen) atoms. The fraction of sp³-hybridized carbons (Fsp3) is 0.333. The van der Waals surface area contributed by atoms with Crippen molar-refractivity contribution in [1.82, 2.24) is 13.9 Å². The largest absolute Gasteiger partial charge is 0.379 e. The van der Waals surface area contributed by atoms with Crippen LogP contribution < -0.4 is 5.32 Å². The number of carbonyl (C=O) groups excluding carboxylic acids is 1. The molecule has 2 heterocycles. The standard InChI is InChI=1S/C21H24N4O4S/c1-24-19-8-7-17(30(27,28)25-11-13-29-14-12-25)15-18(19)23-20(24)9-10-21(26)22-16-5-3-2-4-6-16/h2-8,15H,9-14H2,1H3,(H,22,26). The molecular weight excluding hydrogens is 404 g/mol. The minimum Gasteiger partial charge on any atom is -0.379 e. The summed E-state index contributed by atoms with van der Waals surface area (Å²) >= 11 is 0. The second-order valence-electron chi connectivity index (χ2n) is 7.17. The monoisotopic (exact) mass is 428 g/mol. The highest BCUT2D eigenvalue weighted by Crippen LogP contribution is 2.23. The molecule has 0 bridgehead atoms. The fourth-order valence-corrected chi connectivity index (χ4v) is 4.95. The fourth-order valence-electron chi connectivity index (χ4n) is 3.52. The number of aromatic nitrogens is 2. The smallest absolute Gasteiger partial charge is 0.243 e. The van der Waals surface area contributed by atoms with Crippen LogP contribution in [0, 0.1) is 0 Å². The maximum atomic E-state index is 12.9. The van der Waals surface area contributed by atoms with Gasteiger partial charge in [0.2, 0.25) is 15.9 Å². The van der Waals surface area contributed by atoms with Gasteiger partial charge in [0, 0.05) is 38.7 Å². The first kappa shape index (κ1) is 20.5. The summed E-state index contributed by atoms with van der Waals surface area (Å²) in [5.74, 6) is 0.637. The lowest BCUT2D eigenvalue weighted by molar-refractivity contribution is -0.116. The number of nitrogens with zero attached hydrogens (tertiary/aromatic N) is 3. The molecule has 3 aromatic rings. The van der Waals surface area contributed by atoms with Crippen LogP contribution in [0.1, 0.15) is 12.2 Å². The summed E-state index contributed by atoms with van der Waals surface area (Å²) in [6.45, 7) is 1.51. The van der Waals surface area contributed by atoms with Crippen molar-refractivity contribution in [2.24, 2.45) is 7.05 Å². The molecule has 1 saturated heterocycles. The Morgan fingerprint density at radius 3 is 2.60 bits per heavy atom. The third-order valence-corrected chi connectivity index (χ3v) is 7.08. The highest BCUT2D eigenvalue weighted by molar-refractivity contribution is 7.89. The third-order valence-electron chi connectivity index (χ3n) is 5.19. The van der Waals surface area contributed by atoms with E-state index in [4.69, 9.17) is 4.74 Å². The topological polar surface area (TPSA) is 93.5 Å². The zero-order chi connectivity index (χ0) is 21.1. The molecule has 1 aliphatic rings. The second-order valence-corrected chi connectivity index (χ2v) is 9.11. The lowest BCUT2D eigenvalue weighted by Gasteiger charge is -2.26. The van der Waals surface area contributed by atoms with Gasteiger partial charge in [-0.15, -0.1) is 0 Å². The highest BCUT2D eigenvalue weighted by atomic mass is 32.2. The molecule has 0 aliphatic carbocycles. The summed E-state index contributed by atoms with van der Waals surface area (Å²) in [5.41, 5.74) is 2.19. The molecule has 1 amide bonds. The van der Waals surface area contributed by atoms with Crippen LogP contribution in [0.2, 0.25) is 0 Å². The molecule has 158 valence electrons. The van der Waals surface area contributed by atoms with Gasteiger partial charge in [-0.1, -0.05) is 18.2 Å². The molecule has 9 heteroatoms. The van der Waals surface area contributed by atoms with E-state index in [2.05, 4.69) is 10.3 Å². The van der Waals surface area contributed by atoms with Crippen LogP contribution in [-0.2, 0) is 33.0 Å². The second kappa shape index (κ2) is 8.55. The molecule has 0 unspecified atom stereocenters. The molecule has 0 radical (unpaired) electrons. The zero-order valence-electron chi connectivity index (χ0n) is 16.7. The van der Waals surface area contributed by atoms with Gasteiger partial charge in [0.15, 0.2) is 0 Å². The number of para-hydroxylation sites is 1. The number of rotatable bonds is 6. The summed E-state index contributed by atoms with van der Waals surface area (Å²) in [5, 5.41) is 2.86. The summed E-state index contributed by atoms with van der Waals surface area (Å²) < 4.78 is 34.4. The van der Waals surface area contributed by atoms with E-state index in [1.807, 2.05) is 41.9 Å². The molecule has 8 nitrogen and oxygen atoms in total. The van der Waals surface area contributed by atoms with Gasteiger partial charge < -0.3 is 14.6 Å². The Bertz CT molecular complexity index is 1150. The molecule has 2 aromatic carbocycles. The van der Waals surface area contributed by atoms with Gasteiger partial charge in [-0.2, -0.15) is 4.31 Å². The number of benzene rings is 2. The van der Waals surface area contributed by atoms with Crippen molar-refractivity contribution in [2.45, 2.75) is 17.7 Å². The van der Waals surface area contributed by atoms with E-state index in [9.17, 15) is 13.2 Å². The van der Waals surface area contributed by atoms with Crippen LogP contribution in [0.15, 0.2) is 53.4 Å². The number of morpholine rings is 1. The Kier molecular flexibility index (Phi) is 5.85. The summed E-state index contributed by atoms with van der Waals surface area (Å²) in [6, 6.07) is 14.3. The van der Waals surface area contributed by atoms with Crippen LogP contribution in [0.4, 0.5) is 5.69 Å². The third kappa shape index (κ3) is 4.23. The molecule has 1 fully saturated rings. The van der Waals surface area contributed by atoms with Crippen molar-refractivity contribution in [3.05, 3.63) is 54.4 Å². The molecule has 4 rings (SSSR count). The Morgan fingerprint density at radius 1 is 1.13 bits per heavy atom. The summed E-state index contributed by atoms with van der Waals surface area (Å²) in [7, 11) is -1.71. The highest BCUT2D eigenvalue weighted by Gasteiger charge is 2.27. The van der Waals surface area contributed by atoms with Gasteiger partial charge in [0.05, 0.1) is 29.1 Å². The van der Waals surface area contributed by atoms with E-state index in [0.29, 0.717) is 38.2 Å². The lowest BCUT2D eigenvalue weighted by Crippen LogP contribution is -2.40. The van der Waals surface area contributed by atoms with Crippen molar-refractivity contribution in [3.8, 4) is 0 Å². The van der Waals surface area contributed by atoms with E-state index < -0.39 is 10.0 Å². The Hall–Kier alpha value is -2.75. The van der Waals surface area contributed by atoms with Crippen LogP contribution in [0.5, 0.6) is 0 Å². The number of hydrogen-bond acceptors (Lipinski definition) is 5. The lowest BCUT2D eigenvalue weighted by atomic mass is 10.2. The summed E-state index contributed by atoms with van der Waals surface area (Å²) in [4.78, 5) is 17.0. The zero-order valence-corrected chi connectivity index (χ0v) is 17.6. The normalized spacial score (nSPS) is 15.4. The van der Waals surface area contributed by atoms with Gasteiger partial charge in [-0.3, -0.25) is 4.79 Å². The number of anilines is 1. The van der Waals surface area contributed by atoms with E-state index in [0.717, 1.165) is 17.0 Å². The van der Waals surface area contributed by atoms with Crippen LogP contribution in [0.25, 0.3) is 11.0 Å². The quantitative estimate of drug-likeness (QED) is 0.649. The maximum absolute atomic E-state index is 12.9. The number of nitrogens with one attached hydrogen (secondary N) is 1. The molecule has 1 aliphatic heterocycles. The maximum Gasteiger partial charge on any atom is 0.243 e. The average Bonchev–Trinajstić information content (AvgIpc) is 3.08. The van der Waals surface area contributed by atoms with Gasteiger partial charge in [0.25, 0.3) is 0 Å². The van der Waals surface area contributed by atoms with Gasteiger partial charge in [-0.05, 0) is 30.3 Å². The first-order valence-electron chi connectivity index (χ1n) is 9.83. The summed E-state index contributed by atoms with van der Waals surface area (Å²) in [6.07, 6.45) is 0.736. The van der Waals surface area contributed by atoms with Crippen LogP contribution in [-0.4, -0.2) is 54.5 Å². The molecular formula is C21H24N4O4S. The predicted octanol–water partition coefficient (Wildman–Crippen LogP) is 2.17. The number of carbonyl (C=O) groups is 1. The first-order chi connectivity index (χ1) is 14.4. The average molecular weight is 429 g/mol. The Morgan fingerprint density at radius 2 is 1.87 bits per heavy atom. The number of amides is 1. The molecule has 0 saturated carbocycles. The van der Waals surface area contributed by atoms with Crippen LogP contribution >= 0.6 is 0 Å². The number of ether oxygens (including phenoxy) is 1. The molecule has 1 N–H and O–H groups in total. The molecule has 0 atom stereocenters. The molecule has 0 spiro atoms. The van der Waals surface area contributed by atoms with Crippen molar-refractivity contribution in [2.75, 3.05) is 31.6 Å². The number of sulfonamides is 1. The minimum absolute atomic E-state index is 0.0937. The van der Waals surface area contributed by atoms with E-state index in [-0.39, 0.29) is 17.2 Å². The SMILES string of the molecule is Cn1c(CCC(=O)Nc2ccccc2)nc2cc(S(=O)(=O)N3CCOCC3)ccc21. The molecule has 1 aromatic heterocycles. The van der Waals surface area contributed by atoms with Gasteiger partial charge in [-0.25, -0.2) is 13.4 Å². The minimum atomic E-state index is -3.58. The van der Waals surface area contributed by atoms with E-state index >= 15 is 0 Å². The van der Waals surface area contributed by atoms with Gasteiger partial charge >= 0.3 is 0 Å². The predicted molar refractivity (Wildman–Crippen MR) is 114 cm³/mol. The Balaban J connectivity index is 1.50. The van der Waals surface area contributed by atoms with Crippen LogP contribution in [0.3, 0.4) is 0 Å². The van der Waals surface area contributed by atoms with E-state index in [1.165, 1.54) is 4.31 Å².